The van der Waals surface area contributed by atoms with Crippen molar-refractivity contribution in [3.8, 4) is 5.69 Å². The summed E-state index contributed by atoms with van der Waals surface area (Å²) in [5.41, 5.74) is 0.331. The van der Waals surface area contributed by atoms with Crippen LogP contribution in [0.1, 0.15) is 5.56 Å². The SMILES string of the molecule is O=C1NC[C@@]2(C(=O)O)CN(Cc3cc(F)ccc3-n3cccn3)C[C@@H]12. The highest BCUT2D eigenvalue weighted by Gasteiger charge is 2.59. The zero-order valence-corrected chi connectivity index (χ0v) is 13.4. The number of halogens is 1. The second-order valence-electron chi connectivity index (χ2n) is 6.62. The first kappa shape index (κ1) is 15.8. The van der Waals surface area contributed by atoms with Crippen LogP contribution in [0.4, 0.5) is 4.39 Å². The maximum Gasteiger partial charge on any atom is 0.313 e. The van der Waals surface area contributed by atoms with E-state index < -0.39 is 17.3 Å². The summed E-state index contributed by atoms with van der Waals surface area (Å²) < 4.78 is 15.4. The van der Waals surface area contributed by atoms with Crippen LogP contribution in [0, 0.1) is 17.2 Å². The minimum atomic E-state index is -1.10. The fourth-order valence-electron chi connectivity index (χ4n) is 3.86. The van der Waals surface area contributed by atoms with Crippen molar-refractivity contribution in [1.29, 1.82) is 0 Å². The van der Waals surface area contributed by atoms with Gasteiger partial charge in [0.1, 0.15) is 11.2 Å². The molecular formula is C17H17FN4O3. The number of nitrogens with zero attached hydrogens (tertiary/aromatic N) is 3. The first-order chi connectivity index (χ1) is 12.0. The summed E-state index contributed by atoms with van der Waals surface area (Å²) in [6, 6.07) is 6.22. The van der Waals surface area contributed by atoms with E-state index >= 15 is 0 Å². The Labute approximate surface area is 143 Å². The number of amides is 1. The molecule has 1 amide bonds. The van der Waals surface area contributed by atoms with E-state index in [0.717, 1.165) is 5.69 Å². The van der Waals surface area contributed by atoms with E-state index in [0.29, 0.717) is 18.7 Å². The summed E-state index contributed by atoms with van der Waals surface area (Å²) in [4.78, 5) is 25.7. The molecule has 0 unspecified atom stereocenters. The summed E-state index contributed by atoms with van der Waals surface area (Å²) in [6.07, 6.45) is 3.40. The molecule has 0 saturated carbocycles. The lowest BCUT2D eigenvalue weighted by Crippen LogP contribution is -2.40. The first-order valence-corrected chi connectivity index (χ1v) is 8.01. The van der Waals surface area contributed by atoms with Crippen molar-refractivity contribution in [2.75, 3.05) is 19.6 Å². The smallest absolute Gasteiger partial charge is 0.313 e. The number of hydrogen-bond donors (Lipinski definition) is 2. The Morgan fingerprint density at radius 3 is 3.00 bits per heavy atom. The van der Waals surface area contributed by atoms with Crippen LogP contribution < -0.4 is 5.32 Å². The summed E-state index contributed by atoms with van der Waals surface area (Å²) in [5.74, 6) is -2.14. The Bertz CT molecular complexity index is 838. The fraction of sp³-hybridized carbons (Fsp3) is 0.353. The Morgan fingerprint density at radius 1 is 1.48 bits per heavy atom. The molecule has 4 rings (SSSR count). The minimum Gasteiger partial charge on any atom is -0.481 e. The molecule has 2 atom stereocenters. The quantitative estimate of drug-likeness (QED) is 0.850. The molecule has 0 radical (unpaired) electrons. The van der Waals surface area contributed by atoms with Gasteiger partial charge in [-0.25, -0.2) is 9.07 Å². The third-order valence-electron chi connectivity index (χ3n) is 5.12. The van der Waals surface area contributed by atoms with Crippen LogP contribution in [-0.4, -0.2) is 51.3 Å². The molecule has 0 spiro atoms. The number of nitrogens with one attached hydrogen (secondary N) is 1. The summed E-state index contributed by atoms with van der Waals surface area (Å²) in [7, 11) is 0. The predicted octanol–water partition coefficient (Wildman–Crippen LogP) is 0.644. The van der Waals surface area contributed by atoms with Crippen LogP contribution in [0.2, 0.25) is 0 Å². The zero-order chi connectivity index (χ0) is 17.6. The summed E-state index contributed by atoms with van der Waals surface area (Å²) in [5, 5.41) is 16.5. The number of fused-ring (bicyclic) bond motifs is 1. The van der Waals surface area contributed by atoms with Gasteiger partial charge >= 0.3 is 5.97 Å². The van der Waals surface area contributed by atoms with Crippen LogP contribution in [0.15, 0.2) is 36.7 Å². The minimum absolute atomic E-state index is 0.136. The Balaban J connectivity index is 1.63. The van der Waals surface area contributed by atoms with Gasteiger partial charge in [0.05, 0.1) is 11.6 Å². The Morgan fingerprint density at radius 2 is 2.32 bits per heavy atom. The molecular weight excluding hydrogens is 327 g/mol. The molecule has 0 bridgehead atoms. The monoisotopic (exact) mass is 344 g/mol. The molecule has 2 N–H and O–H groups in total. The molecule has 2 aromatic rings. The van der Waals surface area contributed by atoms with E-state index in [1.165, 1.54) is 12.1 Å². The number of aliphatic carboxylic acids is 1. The van der Waals surface area contributed by atoms with E-state index in [1.807, 2.05) is 4.90 Å². The predicted molar refractivity (Wildman–Crippen MR) is 85.4 cm³/mol. The number of benzene rings is 1. The first-order valence-electron chi connectivity index (χ1n) is 8.01. The molecule has 8 heteroatoms. The van der Waals surface area contributed by atoms with Crippen molar-refractivity contribution < 1.29 is 19.1 Å². The number of rotatable bonds is 4. The highest BCUT2D eigenvalue weighted by atomic mass is 19.1. The van der Waals surface area contributed by atoms with Crippen LogP contribution in [0.5, 0.6) is 0 Å². The van der Waals surface area contributed by atoms with Crippen LogP contribution >= 0.6 is 0 Å². The van der Waals surface area contributed by atoms with Crippen molar-refractivity contribution >= 4 is 11.9 Å². The van der Waals surface area contributed by atoms with E-state index in [1.54, 1.807) is 29.2 Å². The molecule has 2 aliphatic rings. The second kappa shape index (κ2) is 5.66. The van der Waals surface area contributed by atoms with Gasteiger partial charge in [0.15, 0.2) is 0 Å². The normalized spacial score (nSPS) is 25.8. The van der Waals surface area contributed by atoms with Crippen LogP contribution in [0.3, 0.4) is 0 Å². The third kappa shape index (κ3) is 2.49. The zero-order valence-electron chi connectivity index (χ0n) is 13.4. The number of carboxylic acid groups (broad SMARTS) is 1. The van der Waals surface area contributed by atoms with Crippen LogP contribution in [-0.2, 0) is 16.1 Å². The van der Waals surface area contributed by atoms with Gasteiger partial charge in [-0.05, 0) is 29.8 Å². The lowest BCUT2D eigenvalue weighted by molar-refractivity contribution is -0.149. The van der Waals surface area contributed by atoms with Crippen molar-refractivity contribution in [3.05, 3.63) is 48.0 Å². The van der Waals surface area contributed by atoms with Crippen molar-refractivity contribution in [2.45, 2.75) is 6.54 Å². The van der Waals surface area contributed by atoms with Crippen LogP contribution in [0.25, 0.3) is 5.69 Å². The molecule has 25 heavy (non-hydrogen) atoms. The van der Waals surface area contributed by atoms with Gasteiger partial charge in [-0.2, -0.15) is 5.10 Å². The lowest BCUT2D eigenvalue weighted by Gasteiger charge is -2.22. The molecule has 0 aliphatic carbocycles. The van der Waals surface area contributed by atoms with Crippen molar-refractivity contribution in [2.24, 2.45) is 11.3 Å². The largest absolute Gasteiger partial charge is 0.481 e. The lowest BCUT2D eigenvalue weighted by atomic mass is 9.81. The highest BCUT2D eigenvalue weighted by molar-refractivity contribution is 5.92. The molecule has 3 heterocycles. The van der Waals surface area contributed by atoms with Gasteiger partial charge in [0.2, 0.25) is 5.91 Å². The maximum absolute atomic E-state index is 13.8. The van der Waals surface area contributed by atoms with Gasteiger partial charge in [0, 0.05) is 38.6 Å². The van der Waals surface area contributed by atoms with Gasteiger partial charge in [0.25, 0.3) is 0 Å². The Hall–Kier alpha value is -2.74. The number of aromatic nitrogens is 2. The average molecular weight is 344 g/mol. The third-order valence-corrected chi connectivity index (χ3v) is 5.12. The molecule has 2 aliphatic heterocycles. The number of hydrogen-bond acceptors (Lipinski definition) is 4. The maximum atomic E-state index is 13.8. The van der Waals surface area contributed by atoms with E-state index in [-0.39, 0.29) is 24.8 Å². The van der Waals surface area contributed by atoms with Gasteiger partial charge in [-0.3, -0.25) is 14.5 Å². The standard InChI is InChI=1S/C17H17FN4O3/c18-12-2-3-14(22-5-1-4-20-22)11(6-12)7-21-8-13-15(23)19-9-17(13,10-21)16(24)25/h1-6,13H,7-10H2,(H,19,23)(H,24,25)/t13-,17+/m0/s1. The molecule has 130 valence electrons. The van der Waals surface area contributed by atoms with Gasteiger partial charge < -0.3 is 10.4 Å². The van der Waals surface area contributed by atoms with Crippen molar-refractivity contribution in [3.63, 3.8) is 0 Å². The number of carboxylic acids is 1. The molecule has 1 aromatic heterocycles. The summed E-state index contributed by atoms with van der Waals surface area (Å²) >= 11 is 0. The van der Waals surface area contributed by atoms with E-state index in [4.69, 9.17) is 0 Å². The molecule has 2 saturated heterocycles. The van der Waals surface area contributed by atoms with Gasteiger partial charge in [-0.1, -0.05) is 0 Å². The number of carbonyl (C=O) groups excluding carboxylic acids is 1. The Kier molecular flexibility index (Phi) is 3.57. The topological polar surface area (TPSA) is 87.5 Å². The molecule has 7 nitrogen and oxygen atoms in total. The summed E-state index contributed by atoms with van der Waals surface area (Å²) in [6.45, 7) is 1.08. The number of likely N-dealkylation sites (tertiary alicyclic amines) is 1. The van der Waals surface area contributed by atoms with Gasteiger partial charge in [-0.15, -0.1) is 0 Å². The number of carbonyl (C=O) groups is 2. The van der Waals surface area contributed by atoms with E-state index in [2.05, 4.69) is 10.4 Å². The molecule has 2 fully saturated rings. The van der Waals surface area contributed by atoms with Crippen molar-refractivity contribution in [1.82, 2.24) is 20.0 Å². The molecule has 1 aromatic carbocycles. The average Bonchev–Trinajstić information content (AvgIpc) is 3.26. The second-order valence-corrected chi connectivity index (χ2v) is 6.62. The van der Waals surface area contributed by atoms with E-state index in [9.17, 15) is 19.1 Å². The highest BCUT2D eigenvalue weighted by Crippen LogP contribution is 2.40. The fourth-order valence-corrected chi connectivity index (χ4v) is 3.86.